The molecule has 1 aromatic rings. The van der Waals surface area contributed by atoms with Gasteiger partial charge in [-0.3, -0.25) is 4.79 Å². The van der Waals surface area contributed by atoms with E-state index < -0.39 is 6.04 Å². The average molecular weight is 335 g/mol. The molecule has 1 atom stereocenters. The van der Waals surface area contributed by atoms with Crippen LogP contribution in [-0.2, 0) is 4.79 Å². The quantitative estimate of drug-likeness (QED) is 0.891. The van der Waals surface area contributed by atoms with Crippen LogP contribution in [0.2, 0.25) is 0 Å². The molecule has 1 aliphatic heterocycles. The van der Waals surface area contributed by atoms with Crippen LogP contribution >= 0.6 is 0 Å². The van der Waals surface area contributed by atoms with Gasteiger partial charge in [0.15, 0.2) is 0 Å². The zero-order valence-electron chi connectivity index (χ0n) is 14.7. The molecule has 1 aliphatic rings. The number of nitrogens with zero attached hydrogens (tertiary/aromatic N) is 2. The van der Waals surface area contributed by atoms with E-state index in [0.717, 1.165) is 6.42 Å². The number of anilines is 1. The lowest BCUT2D eigenvalue weighted by Crippen LogP contribution is -2.59. The van der Waals surface area contributed by atoms with Gasteiger partial charge >= 0.3 is 6.03 Å². The number of rotatable bonds is 5. The third-order valence-electron chi connectivity index (χ3n) is 4.12. The Kier molecular flexibility index (Phi) is 5.89. The summed E-state index contributed by atoms with van der Waals surface area (Å²) in [6, 6.07) is 4.59. The van der Waals surface area contributed by atoms with Crippen LogP contribution in [0.3, 0.4) is 0 Å². The molecule has 0 aromatic heterocycles. The molecule has 24 heavy (non-hydrogen) atoms. The summed E-state index contributed by atoms with van der Waals surface area (Å²) in [5, 5.41) is 2.82. The summed E-state index contributed by atoms with van der Waals surface area (Å²) in [4.78, 5) is 28.2. The lowest BCUT2D eigenvalue weighted by Gasteiger charge is -2.39. The second kappa shape index (κ2) is 7.90. The molecule has 0 saturated carbocycles. The highest BCUT2D eigenvalue weighted by Gasteiger charge is 2.36. The molecule has 1 heterocycles. The first-order chi connectivity index (χ1) is 11.5. The smallest absolute Gasteiger partial charge is 0.318 e. The fourth-order valence-electron chi connectivity index (χ4n) is 2.73. The summed E-state index contributed by atoms with van der Waals surface area (Å²) in [5.74, 6) is 1.11. The van der Waals surface area contributed by atoms with Crippen molar-refractivity contribution in [3.05, 3.63) is 18.2 Å². The molecule has 132 valence electrons. The molecule has 0 unspecified atom stereocenters. The van der Waals surface area contributed by atoms with Crippen molar-refractivity contribution in [2.45, 2.75) is 26.3 Å². The molecular formula is C17H25N3O4. The van der Waals surface area contributed by atoms with Gasteiger partial charge < -0.3 is 24.6 Å². The Balaban J connectivity index is 2.21. The molecule has 0 spiro atoms. The maximum absolute atomic E-state index is 12.8. The molecule has 7 heteroatoms. The highest BCUT2D eigenvalue weighted by atomic mass is 16.5. The Morgan fingerprint density at radius 2 is 2.04 bits per heavy atom. The number of piperazine rings is 1. The highest BCUT2D eigenvalue weighted by Crippen LogP contribution is 2.34. The number of methoxy groups -OCH3 is 2. The van der Waals surface area contributed by atoms with Crippen LogP contribution in [0.5, 0.6) is 11.5 Å². The zero-order valence-corrected chi connectivity index (χ0v) is 14.7. The molecule has 2 rings (SSSR count). The van der Waals surface area contributed by atoms with E-state index in [4.69, 9.17) is 9.47 Å². The average Bonchev–Trinajstić information content (AvgIpc) is 2.61. The van der Waals surface area contributed by atoms with Crippen LogP contribution in [0.15, 0.2) is 18.2 Å². The summed E-state index contributed by atoms with van der Waals surface area (Å²) in [6.07, 6.45) is 0.856. The minimum Gasteiger partial charge on any atom is -0.497 e. The second-order valence-electron chi connectivity index (χ2n) is 5.63. The first-order valence-electron chi connectivity index (χ1n) is 8.11. The molecule has 7 nitrogen and oxygen atoms in total. The van der Waals surface area contributed by atoms with E-state index in [-0.39, 0.29) is 11.9 Å². The van der Waals surface area contributed by atoms with E-state index in [1.54, 1.807) is 49.1 Å². The molecule has 0 aliphatic carbocycles. The van der Waals surface area contributed by atoms with Crippen molar-refractivity contribution in [1.29, 1.82) is 0 Å². The monoisotopic (exact) mass is 335 g/mol. The molecule has 0 bridgehead atoms. The first-order valence-corrected chi connectivity index (χ1v) is 8.11. The van der Waals surface area contributed by atoms with Crippen LogP contribution < -0.4 is 19.7 Å². The highest BCUT2D eigenvalue weighted by molar-refractivity contribution is 6.01. The predicted molar refractivity (Wildman–Crippen MR) is 91.8 cm³/mol. The van der Waals surface area contributed by atoms with Crippen molar-refractivity contribution in [2.75, 3.05) is 38.8 Å². The number of ether oxygens (including phenoxy) is 2. The number of hydrogen-bond donors (Lipinski definition) is 1. The lowest BCUT2D eigenvalue weighted by molar-refractivity contribution is -0.124. The summed E-state index contributed by atoms with van der Waals surface area (Å²) in [6.45, 7) is 5.20. The maximum Gasteiger partial charge on any atom is 0.318 e. The minimum absolute atomic E-state index is 0.139. The molecule has 0 radical (unpaired) electrons. The van der Waals surface area contributed by atoms with E-state index in [0.29, 0.717) is 36.8 Å². The van der Waals surface area contributed by atoms with E-state index in [1.165, 1.54) is 0 Å². The summed E-state index contributed by atoms with van der Waals surface area (Å²) < 4.78 is 10.6. The molecule has 3 amide bonds. The number of amides is 3. The third kappa shape index (κ3) is 3.55. The van der Waals surface area contributed by atoms with Gasteiger partial charge in [0.1, 0.15) is 17.5 Å². The van der Waals surface area contributed by atoms with E-state index in [2.05, 4.69) is 5.32 Å². The maximum atomic E-state index is 12.8. The Morgan fingerprint density at radius 1 is 1.29 bits per heavy atom. The number of carbonyl (C=O) groups is 2. The van der Waals surface area contributed by atoms with Crippen molar-refractivity contribution in [3.63, 3.8) is 0 Å². The van der Waals surface area contributed by atoms with E-state index in [1.807, 2.05) is 6.92 Å². The van der Waals surface area contributed by atoms with Crippen LogP contribution in [0.1, 0.15) is 20.3 Å². The minimum atomic E-state index is -0.536. The Labute approximate surface area is 142 Å². The fraction of sp³-hybridized carbons (Fsp3) is 0.529. The van der Waals surface area contributed by atoms with Crippen LogP contribution in [0.4, 0.5) is 10.5 Å². The van der Waals surface area contributed by atoms with Gasteiger partial charge in [-0.25, -0.2) is 4.79 Å². The normalized spacial score (nSPS) is 17.7. The van der Waals surface area contributed by atoms with Gasteiger partial charge in [0.2, 0.25) is 5.91 Å². The van der Waals surface area contributed by atoms with E-state index in [9.17, 15) is 9.59 Å². The number of urea groups is 1. The lowest BCUT2D eigenvalue weighted by atomic mass is 10.1. The molecule has 1 fully saturated rings. The van der Waals surface area contributed by atoms with Gasteiger partial charge in [-0.2, -0.15) is 0 Å². The molecule has 1 aromatic carbocycles. The van der Waals surface area contributed by atoms with Crippen molar-refractivity contribution < 1.29 is 19.1 Å². The zero-order chi connectivity index (χ0) is 17.7. The van der Waals surface area contributed by atoms with Gasteiger partial charge in [-0.15, -0.1) is 0 Å². The number of hydrogen-bond acceptors (Lipinski definition) is 4. The molecular weight excluding hydrogens is 310 g/mol. The largest absolute Gasteiger partial charge is 0.497 e. The first kappa shape index (κ1) is 17.9. The Bertz CT molecular complexity index is 605. The van der Waals surface area contributed by atoms with Gasteiger partial charge in [0.05, 0.1) is 19.9 Å². The van der Waals surface area contributed by atoms with Crippen molar-refractivity contribution in [1.82, 2.24) is 10.2 Å². The van der Waals surface area contributed by atoms with Crippen LogP contribution in [0, 0.1) is 0 Å². The molecule has 1 saturated heterocycles. The fourth-order valence-corrected chi connectivity index (χ4v) is 2.73. The standard InChI is InChI=1S/C17H25N3O4/c1-5-8-18-17(22)19-9-10-20(16(21)12(19)2)14-11-13(23-3)6-7-15(14)24-4/h6-7,11-12H,5,8-10H2,1-4H3,(H,18,22)/t12-/m0/s1. The van der Waals surface area contributed by atoms with Crippen LogP contribution in [0.25, 0.3) is 0 Å². The summed E-state index contributed by atoms with van der Waals surface area (Å²) >= 11 is 0. The third-order valence-corrected chi connectivity index (χ3v) is 4.12. The predicted octanol–water partition coefficient (Wildman–Crippen LogP) is 1.86. The SMILES string of the molecule is CCCNC(=O)N1CCN(c2cc(OC)ccc2OC)C(=O)[C@@H]1C. The van der Waals surface area contributed by atoms with Crippen LogP contribution in [-0.4, -0.2) is 56.7 Å². The molecule has 1 N–H and O–H groups in total. The topological polar surface area (TPSA) is 71.1 Å². The van der Waals surface area contributed by atoms with Crippen molar-refractivity contribution in [3.8, 4) is 11.5 Å². The summed E-state index contributed by atoms with van der Waals surface area (Å²) in [7, 11) is 3.14. The van der Waals surface area contributed by atoms with E-state index >= 15 is 0 Å². The van der Waals surface area contributed by atoms with Gasteiger partial charge in [-0.1, -0.05) is 6.92 Å². The number of nitrogens with one attached hydrogen (secondary N) is 1. The van der Waals surface area contributed by atoms with Gasteiger partial charge in [0.25, 0.3) is 0 Å². The number of carbonyl (C=O) groups excluding carboxylic acids is 2. The Morgan fingerprint density at radius 3 is 2.67 bits per heavy atom. The second-order valence-corrected chi connectivity index (χ2v) is 5.63. The van der Waals surface area contributed by atoms with Crippen molar-refractivity contribution >= 4 is 17.6 Å². The number of benzene rings is 1. The van der Waals surface area contributed by atoms with Gasteiger partial charge in [-0.05, 0) is 25.5 Å². The Hall–Kier alpha value is -2.44. The van der Waals surface area contributed by atoms with Crippen molar-refractivity contribution in [2.24, 2.45) is 0 Å². The summed E-state index contributed by atoms with van der Waals surface area (Å²) in [5.41, 5.74) is 0.655. The van der Waals surface area contributed by atoms with Gasteiger partial charge in [0, 0.05) is 25.7 Å².